The number of nitrogens with zero attached hydrogens (tertiary/aromatic N) is 2. The minimum atomic E-state index is 0.271. The summed E-state index contributed by atoms with van der Waals surface area (Å²) in [6, 6.07) is 0.540. The molecule has 1 fully saturated rings. The predicted octanol–water partition coefficient (Wildman–Crippen LogP) is 3.49. The van der Waals surface area contributed by atoms with Crippen LogP contribution in [0, 0.1) is 18.8 Å². The molecule has 1 aliphatic carbocycles. The van der Waals surface area contributed by atoms with E-state index in [0.717, 1.165) is 55.4 Å². The smallest absolute Gasteiger partial charge is 0.316 e. The third-order valence-electron chi connectivity index (χ3n) is 4.21. The minimum absolute atomic E-state index is 0.271. The molecule has 0 saturated heterocycles. The van der Waals surface area contributed by atoms with Gasteiger partial charge in [-0.2, -0.15) is 0 Å². The predicted molar refractivity (Wildman–Crippen MR) is 85.4 cm³/mol. The van der Waals surface area contributed by atoms with Gasteiger partial charge in [0, 0.05) is 24.0 Å². The fourth-order valence-electron chi connectivity index (χ4n) is 3.22. The monoisotopic (exact) mass is 291 g/mol. The number of nitrogens with one attached hydrogen (secondary N) is 1. The summed E-state index contributed by atoms with van der Waals surface area (Å²) in [4.78, 5) is 8.91. The first-order valence-electron chi connectivity index (χ1n) is 8.28. The molecule has 4 heteroatoms. The van der Waals surface area contributed by atoms with Gasteiger partial charge >= 0.3 is 6.01 Å². The molecule has 21 heavy (non-hydrogen) atoms. The summed E-state index contributed by atoms with van der Waals surface area (Å²) in [6.07, 6.45) is 6.85. The molecule has 0 aromatic carbocycles. The summed E-state index contributed by atoms with van der Waals surface area (Å²) < 4.78 is 6.01. The van der Waals surface area contributed by atoms with E-state index in [4.69, 9.17) is 4.74 Å². The molecule has 0 aliphatic heterocycles. The lowest BCUT2D eigenvalue weighted by atomic mass is 9.82. The van der Waals surface area contributed by atoms with Crippen molar-refractivity contribution in [2.45, 2.75) is 66.0 Å². The summed E-state index contributed by atoms with van der Waals surface area (Å²) >= 11 is 0. The van der Waals surface area contributed by atoms with E-state index in [1.54, 1.807) is 0 Å². The van der Waals surface area contributed by atoms with Crippen LogP contribution in [0.5, 0.6) is 6.01 Å². The highest BCUT2D eigenvalue weighted by molar-refractivity contribution is 5.17. The van der Waals surface area contributed by atoms with Crippen LogP contribution in [-0.2, 0) is 6.54 Å². The number of ether oxygens (including phenoxy) is 1. The first-order chi connectivity index (χ1) is 10.1. The van der Waals surface area contributed by atoms with E-state index in [-0.39, 0.29) is 6.10 Å². The van der Waals surface area contributed by atoms with E-state index in [2.05, 4.69) is 36.1 Å². The second-order valence-corrected chi connectivity index (χ2v) is 6.60. The molecule has 1 aromatic heterocycles. The van der Waals surface area contributed by atoms with Crippen LogP contribution in [-0.4, -0.2) is 22.6 Å². The largest absolute Gasteiger partial charge is 0.460 e. The van der Waals surface area contributed by atoms with E-state index in [9.17, 15) is 0 Å². The molecule has 2 unspecified atom stereocenters. The van der Waals surface area contributed by atoms with Gasteiger partial charge in [-0.05, 0) is 51.0 Å². The van der Waals surface area contributed by atoms with Crippen LogP contribution in [0.3, 0.4) is 0 Å². The van der Waals surface area contributed by atoms with Crippen molar-refractivity contribution in [3.05, 3.63) is 17.5 Å². The van der Waals surface area contributed by atoms with Gasteiger partial charge in [-0.25, -0.2) is 9.97 Å². The summed E-state index contributed by atoms with van der Waals surface area (Å²) in [6.45, 7) is 10.7. The second kappa shape index (κ2) is 7.74. The Hall–Kier alpha value is -1.16. The highest BCUT2D eigenvalue weighted by atomic mass is 16.5. The van der Waals surface area contributed by atoms with Gasteiger partial charge in [-0.15, -0.1) is 0 Å². The molecule has 2 atom stereocenters. The highest BCUT2D eigenvalue weighted by Gasteiger charge is 2.25. The van der Waals surface area contributed by atoms with Crippen molar-refractivity contribution in [1.29, 1.82) is 0 Å². The summed E-state index contributed by atoms with van der Waals surface area (Å²) in [5, 5.41) is 3.38. The van der Waals surface area contributed by atoms with Gasteiger partial charge in [-0.3, -0.25) is 0 Å². The van der Waals surface area contributed by atoms with Crippen molar-refractivity contribution in [2.75, 3.05) is 6.54 Å². The van der Waals surface area contributed by atoms with Gasteiger partial charge in [0.25, 0.3) is 0 Å². The number of rotatable bonds is 6. The lowest BCUT2D eigenvalue weighted by Crippen LogP contribution is -2.29. The number of aromatic nitrogens is 2. The highest BCUT2D eigenvalue weighted by Crippen LogP contribution is 2.30. The molecule has 1 aromatic rings. The van der Waals surface area contributed by atoms with Gasteiger partial charge in [0.1, 0.15) is 6.10 Å². The Bertz CT molecular complexity index is 440. The maximum Gasteiger partial charge on any atom is 0.316 e. The minimum Gasteiger partial charge on any atom is -0.460 e. The van der Waals surface area contributed by atoms with Gasteiger partial charge < -0.3 is 10.1 Å². The molecular formula is C17H29N3O. The zero-order valence-corrected chi connectivity index (χ0v) is 13.9. The molecule has 118 valence electrons. The van der Waals surface area contributed by atoms with Crippen LogP contribution in [0.15, 0.2) is 6.20 Å². The van der Waals surface area contributed by atoms with E-state index in [1.807, 2.05) is 13.1 Å². The van der Waals surface area contributed by atoms with Crippen molar-refractivity contribution in [3.63, 3.8) is 0 Å². The molecule has 0 amide bonds. The standard InChI is InChI=1S/C17H29N3O/c1-5-6-18-10-15-11-19-17(20-14(15)4)21-16-8-12(2)7-13(3)9-16/h11-13,16,18H,5-10H2,1-4H3. The van der Waals surface area contributed by atoms with Crippen LogP contribution >= 0.6 is 0 Å². The summed E-state index contributed by atoms with van der Waals surface area (Å²) in [7, 11) is 0. The SMILES string of the molecule is CCCNCc1cnc(OC2CC(C)CC(C)C2)nc1C. The summed E-state index contributed by atoms with van der Waals surface area (Å²) in [5.74, 6) is 1.47. The van der Waals surface area contributed by atoms with Crippen molar-refractivity contribution < 1.29 is 4.74 Å². The van der Waals surface area contributed by atoms with Gasteiger partial charge in [0.15, 0.2) is 0 Å². The van der Waals surface area contributed by atoms with E-state index in [1.165, 1.54) is 6.42 Å². The van der Waals surface area contributed by atoms with E-state index in [0.29, 0.717) is 6.01 Å². The molecule has 0 spiro atoms. The molecule has 4 nitrogen and oxygen atoms in total. The number of hydrogen-bond acceptors (Lipinski definition) is 4. The number of hydrogen-bond donors (Lipinski definition) is 1. The van der Waals surface area contributed by atoms with Crippen LogP contribution in [0.4, 0.5) is 0 Å². The fourth-order valence-corrected chi connectivity index (χ4v) is 3.22. The molecule has 1 heterocycles. The molecule has 0 radical (unpaired) electrons. The normalized spacial score (nSPS) is 25.8. The maximum atomic E-state index is 6.01. The molecular weight excluding hydrogens is 262 g/mol. The third-order valence-corrected chi connectivity index (χ3v) is 4.21. The Kier molecular flexibility index (Phi) is 5.97. The van der Waals surface area contributed by atoms with Crippen molar-refractivity contribution >= 4 is 0 Å². The van der Waals surface area contributed by atoms with Crippen LogP contribution in [0.2, 0.25) is 0 Å². The van der Waals surface area contributed by atoms with Crippen molar-refractivity contribution in [3.8, 4) is 6.01 Å². The van der Waals surface area contributed by atoms with Crippen molar-refractivity contribution in [2.24, 2.45) is 11.8 Å². The van der Waals surface area contributed by atoms with Crippen molar-refractivity contribution in [1.82, 2.24) is 15.3 Å². The first kappa shape index (κ1) is 16.2. The summed E-state index contributed by atoms with van der Waals surface area (Å²) in [5.41, 5.74) is 2.17. The molecule has 1 aliphatic rings. The number of aryl methyl sites for hydroxylation is 1. The zero-order valence-electron chi connectivity index (χ0n) is 13.9. The topological polar surface area (TPSA) is 47.0 Å². The van der Waals surface area contributed by atoms with Crippen LogP contribution in [0.1, 0.15) is 57.7 Å². The molecule has 0 bridgehead atoms. The van der Waals surface area contributed by atoms with Crippen LogP contribution in [0.25, 0.3) is 0 Å². The fraction of sp³-hybridized carbons (Fsp3) is 0.765. The maximum absolute atomic E-state index is 6.01. The zero-order chi connectivity index (χ0) is 15.2. The molecule has 1 N–H and O–H groups in total. The first-order valence-corrected chi connectivity index (χ1v) is 8.28. The Morgan fingerprint density at radius 3 is 2.57 bits per heavy atom. The van der Waals surface area contributed by atoms with Crippen LogP contribution < -0.4 is 10.1 Å². The third kappa shape index (κ3) is 4.95. The Labute approximate surface area is 128 Å². The van der Waals surface area contributed by atoms with Gasteiger partial charge in [0.2, 0.25) is 0 Å². The van der Waals surface area contributed by atoms with E-state index < -0.39 is 0 Å². The Balaban J connectivity index is 1.93. The van der Waals surface area contributed by atoms with Gasteiger partial charge in [-0.1, -0.05) is 20.8 Å². The second-order valence-electron chi connectivity index (χ2n) is 6.60. The lowest BCUT2D eigenvalue weighted by molar-refractivity contribution is 0.0917. The molecule has 2 rings (SSSR count). The Morgan fingerprint density at radius 1 is 1.24 bits per heavy atom. The average Bonchev–Trinajstić information content (AvgIpc) is 2.40. The quantitative estimate of drug-likeness (QED) is 0.815. The van der Waals surface area contributed by atoms with E-state index >= 15 is 0 Å². The van der Waals surface area contributed by atoms with Gasteiger partial charge in [0.05, 0.1) is 0 Å². The molecule has 1 saturated carbocycles. The lowest BCUT2D eigenvalue weighted by Gasteiger charge is -2.31. The average molecular weight is 291 g/mol. The Morgan fingerprint density at radius 2 is 1.95 bits per heavy atom.